The highest BCUT2D eigenvalue weighted by Gasteiger charge is 2.41. The molecule has 0 saturated carbocycles. The van der Waals surface area contributed by atoms with Crippen molar-refractivity contribution in [1.82, 2.24) is 10.2 Å². The minimum Gasteiger partial charge on any atom is -0.338 e. The van der Waals surface area contributed by atoms with Crippen LogP contribution in [0.4, 0.5) is 8.78 Å². The van der Waals surface area contributed by atoms with Crippen LogP contribution in [0.15, 0.2) is 18.2 Å². The molecule has 2 aliphatic heterocycles. The molecule has 2 fully saturated rings. The lowest BCUT2D eigenvalue weighted by Gasteiger charge is -2.22. The summed E-state index contributed by atoms with van der Waals surface area (Å²) in [6.45, 7) is 3.33. The van der Waals surface area contributed by atoms with Crippen LogP contribution in [0.2, 0.25) is 0 Å². The second-order valence-corrected chi connectivity index (χ2v) is 5.53. The van der Waals surface area contributed by atoms with Crippen molar-refractivity contribution in [2.75, 3.05) is 26.2 Å². The Labute approximate surface area is 110 Å². The SMILES string of the molecule is O=C(c1ccc(F)c(F)c1)N1CCC2(CCNC2)C1. The minimum atomic E-state index is -0.970. The molecule has 3 rings (SSSR count). The molecule has 0 radical (unpaired) electrons. The summed E-state index contributed by atoms with van der Waals surface area (Å²) in [5.41, 5.74) is 0.413. The van der Waals surface area contributed by atoms with E-state index in [4.69, 9.17) is 0 Å². The molecular formula is C14H16F2N2O. The Balaban J connectivity index is 1.76. The summed E-state index contributed by atoms with van der Waals surface area (Å²) in [6.07, 6.45) is 2.06. The van der Waals surface area contributed by atoms with E-state index in [2.05, 4.69) is 5.32 Å². The molecule has 0 aromatic heterocycles. The molecule has 1 aromatic carbocycles. The first-order valence-corrected chi connectivity index (χ1v) is 6.55. The molecule has 0 bridgehead atoms. The predicted molar refractivity (Wildman–Crippen MR) is 66.8 cm³/mol. The van der Waals surface area contributed by atoms with Gasteiger partial charge in [0.1, 0.15) is 0 Å². The van der Waals surface area contributed by atoms with E-state index in [1.165, 1.54) is 6.07 Å². The normalized spacial score (nSPS) is 26.3. The van der Waals surface area contributed by atoms with Gasteiger partial charge in [0, 0.05) is 30.6 Å². The largest absolute Gasteiger partial charge is 0.338 e. The number of rotatable bonds is 1. The average molecular weight is 266 g/mol. The van der Waals surface area contributed by atoms with Gasteiger partial charge in [-0.05, 0) is 37.6 Å². The number of nitrogens with one attached hydrogen (secondary N) is 1. The maximum Gasteiger partial charge on any atom is 0.253 e. The fourth-order valence-corrected chi connectivity index (χ4v) is 3.06. The first kappa shape index (κ1) is 12.5. The van der Waals surface area contributed by atoms with E-state index in [9.17, 15) is 13.6 Å². The van der Waals surface area contributed by atoms with Gasteiger partial charge in [-0.2, -0.15) is 0 Å². The van der Waals surface area contributed by atoms with E-state index < -0.39 is 11.6 Å². The molecule has 19 heavy (non-hydrogen) atoms. The Morgan fingerprint density at radius 3 is 2.79 bits per heavy atom. The summed E-state index contributed by atoms with van der Waals surface area (Å²) < 4.78 is 26.0. The van der Waals surface area contributed by atoms with Crippen molar-refractivity contribution in [3.8, 4) is 0 Å². The summed E-state index contributed by atoms with van der Waals surface area (Å²) in [7, 11) is 0. The number of hydrogen-bond donors (Lipinski definition) is 1. The molecule has 2 aliphatic rings. The van der Waals surface area contributed by atoms with Crippen LogP contribution >= 0.6 is 0 Å². The Bertz CT molecular complexity index is 512. The number of hydrogen-bond acceptors (Lipinski definition) is 2. The maximum absolute atomic E-state index is 13.2. The lowest BCUT2D eigenvalue weighted by Crippen LogP contribution is -2.33. The van der Waals surface area contributed by atoms with Crippen LogP contribution < -0.4 is 5.32 Å². The first-order chi connectivity index (χ1) is 9.10. The van der Waals surface area contributed by atoms with Gasteiger partial charge in [0.15, 0.2) is 11.6 Å². The van der Waals surface area contributed by atoms with E-state index in [-0.39, 0.29) is 16.9 Å². The lowest BCUT2D eigenvalue weighted by atomic mass is 9.86. The van der Waals surface area contributed by atoms with Crippen molar-refractivity contribution in [2.24, 2.45) is 5.41 Å². The van der Waals surface area contributed by atoms with E-state index >= 15 is 0 Å². The van der Waals surface area contributed by atoms with Crippen LogP contribution in [-0.4, -0.2) is 37.0 Å². The van der Waals surface area contributed by atoms with Crippen molar-refractivity contribution in [1.29, 1.82) is 0 Å². The van der Waals surface area contributed by atoms with E-state index in [0.717, 1.165) is 38.1 Å². The van der Waals surface area contributed by atoms with Crippen LogP contribution in [0.5, 0.6) is 0 Å². The topological polar surface area (TPSA) is 32.3 Å². The Hall–Kier alpha value is -1.49. The highest BCUT2D eigenvalue weighted by molar-refractivity contribution is 5.94. The van der Waals surface area contributed by atoms with Gasteiger partial charge in [-0.15, -0.1) is 0 Å². The van der Waals surface area contributed by atoms with Crippen molar-refractivity contribution in [3.05, 3.63) is 35.4 Å². The number of amides is 1. The highest BCUT2D eigenvalue weighted by Crippen LogP contribution is 2.36. The number of nitrogens with zero attached hydrogens (tertiary/aromatic N) is 1. The molecule has 1 aromatic rings. The van der Waals surface area contributed by atoms with E-state index in [1.54, 1.807) is 4.90 Å². The molecular weight excluding hydrogens is 250 g/mol. The van der Waals surface area contributed by atoms with Crippen LogP contribution in [-0.2, 0) is 0 Å². The van der Waals surface area contributed by atoms with Gasteiger partial charge in [-0.1, -0.05) is 0 Å². The van der Waals surface area contributed by atoms with Crippen LogP contribution in [0.25, 0.3) is 0 Å². The average Bonchev–Trinajstić information content (AvgIpc) is 3.03. The number of likely N-dealkylation sites (tertiary alicyclic amines) is 1. The molecule has 2 heterocycles. The Morgan fingerprint density at radius 2 is 2.11 bits per heavy atom. The molecule has 1 amide bonds. The molecule has 102 valence electrons. The fourth-order valence-electron chi connectivity index (χ4n) is 3.06. The molecule has 1 spiro atoms. The summed E-state index contributed by atoms with van der Waals surface area (Å²) in [5, 5.41) is 3.32. The third-order valence-electron chi connectivity index (χ3n) is 4.22. The van der Waals surface area contributed by atoms with Gasteiger partial charge in [0.2, 0.25) is 0 Å². The smallest absolute Gasteiger partial charge is 0.253 e. The molecule has 1 unspecified atom stereocenters. The summed E-state index contributed by atoms with van der Waals surface area (Å²) >= 11 is 0. The minimum absolute atomic E-state index is 0.189. The molecule has 2 saturated heterocycles. The van der Waals surface area contributed by atoms with Crippen molar-refractivity contribution < 1.29 is 13.6 Å². The lowest BCUT2D eigenvalue weighted by molar-refractivity contribution is 0.0775. The third kappa shape index (κ3) is 2.23. The number of carbonyl (C=O) groups excluding carboxylic acids is 1. The summed E-state index contributed by atoms with van der Waals surface area (Å²) in [6, 6.07) is 3.33. The standard InChI is InChI=1S/C14H16F2N2O/c15-11-2-1-10(7-12(11)16)13(19)18-6-4-14(9-18)3-5-17-8-14/h1-2,7,17H,3-6,8-9H2. The van der Waals surface area contributed by atoms with Crippen LogP contribution in [0, 0.1) is 17.0 Å². The monoisotopic (exact) mass is 266 g/mol. The van der Waals surface area contributed by atoms with Crippen molar-refractivity contribution in [3.63, 3.8) is 0 Å². The van der Waals surface area contributed by atoms with Crippen LogP contribution in [0.3, 0.4) is 0 Å². The second-order valence-electron chi connectivity index (χ2n) is 5.53. The fraction of sp³-hybridized carbons (Fsp3) is 0.500. The molecule has 1 N–H and O–H groups in total. The number of halogens is 2. The quantitative estimate of drug-likeness (QED) is 0.840. The van der Waals surface area contributed by atoms with Gasteiger partial charge in [0.25, 0.3) is 5.91 Å². The molecule has 1 atom stereocenters. The van der Waals surface area contributed by atoms with Crippen molar-refractivity contribution in [2.45, 2.75) is 12.8 Å². The third-order valence-corrected chi connectivity index (χ3v) is 4.22. The Morgan fingerprint density at radius 1 is 1.26 bits per heavy atom. The molecule has 0 aliphatic carbocycles. The van der Waals surface area contributed by atoms with E-state index in [0.29, 0.717) is 13.1 Å². The Kier molecular flexibility index (Phi) is 3.01. The number of benzene rings is 1. The number of carbonyl (C=O) groups is 1. The maximum atomic E-state index is 13.2. The van der Waals surface area contributed by atoms with Gasteiger partial charge < -0.3 is 10.2 Å². The molecule has 5 heteroatoms. The van der Waals surface area contributed by atoms with Crippen molar-refractivity contribution >= 4 is 5.91 Å². The van der Waals surface area contributed by atoms with Gasteiger partial charge in [0.05, 0.1) is 0 Å². The zero-order chi connectivity index (χ0) is 13.5. The summed E-state index contributed by atoms with van der Waals surface area (Å²) in [4.78, 5) is 14.0. The van der Waals surface area contributed by atoms with E-state index in [1.807, 2.05) is 0 Å². The second kappa shape index (κ2) is 4.56. The molecule has 3 nitrogen and oxygen atoms in total. The van der Waals surface area contributed by atoms with Gasteiger partial charge >= 0.3 is 0 Å². The zero-order valence-electron chi connectivity index (χ0n) is 10.6. The predicted octanol–water partition coefficient (Wildman–Crippen LogP) is 1.79. The zero-order valence-corrected chi connectivity index (χ0v) is 10.6. The van der Waals surface area contributed by atoms with Crippen LogP contribution in [0.1, 0.15) is 23.2 Å². The van der Waals surface area contributed by atoms with Gasteiger partial charge in [-0.3, -0.25) is 4.79 Å². The highest BCUT2D eigenvalue weighted by atomic mass is 19.2. The van der Waals surface area contributed by atoms with Gasteiger partial charge in [-0.25, -0.2) is 8.78 Å². The first-order valence-electron chi connectivity index (χ1n) is 6.55. The summed E-state index contributed by atoms with van der Waals surface area (Å²) in [5.74, 6) is -2.10.